The SMILES string of the molecule is CCNC(=O)CCNc1nc(C)cs1. The van der Waals surface area contributed by atoms with Gasteiger partial charge in [-0.25, -0.2) is 4.98 Å². The van der Waals surface area contributed by atoms with Crippen LogP contribution in [0, 0.1) is 6.92 Å². The Hall–Kier alpha value is -1.10. The van der Waals surface area contributed by atoms with E-state index in [4.69, 9.17) is 0 Å². The first-order valence-corrected chi connectivity index (χ1v) is 5.53. The molecule has 0 unspecified atom stereocenters. The summed E-state index contributed by atoms with van der Waals surface area (Å²) in [6, 6.07) is 0. The van der Waals surface area contributed by atoms with Gasteiger partial charge >= 0.3 is 0 Å². The van der Waals surface area contributed by atoms with Gasteiger partial charge < -0.3 is 10.6 Å². The normalized spacial score (nSPS) is 9.86. The molecule has 5 heteroatoms. The van der Waals surface area contributed by atoms with Crippen molar-refractivity contribution in [1.82, 2.24) is 10.3 Å². The smallest absolute Gasteiger partial charge is 0.221 e. The van der Waals surface area contributed by atoms with Crippen molar-refractivity contribution >= 4 is 22.4 Å². The van der Waals surface area contributed by atoms with E-state index in [0.29, 0.717) is 19.5 Å². The van der Waals surface area contributed by atoms with Crippen LogP contribution in [-0.4, -0.2) is 24.0 Å². The molecule has 0 saturated carbocycles. The molecule has 1 aromatic heterocycles. The van der Waals surface area contributed by atoms with Crippen LogP contribution in [0.2, 0.25) is 0 Å². The van der Waals surface area contributed by atoms with Crippen molar-refractivity contribution in [2.45, 2.75) is 20.3 Å². The number of nitrogens with one attached hydrogen (secondary N) is 2. The highest BCUT2D eigenvalue weighted by atomic mass is 32.1. The van der Waals surface area contributed by atoms with Crippen LogP contribution < -0.4 is 10.6 Å². The fourth-order valence-electron chi connectivity index (χ4n) is 1.00. The highest BCUT2D eigenvalue weighted by molar-refractivity contribution is 7.13. The Morgan fingerprint density at radius 2 is 2.43 bits per heavy atom. The maximum atomic E-state index is 11.1. The van der Waals surface area contributed by atoms with Gasteiger partial charge in [-0.05, 0) is 13.8 Å². The number of nitrogens with zero attached hydrogens (tertiary/aromatic N) is 1. The van der Waals surface area contributed by atoms with Crippen LogP contribution in [0.4, 0.5) is 5.13 Å². The average Bonchev–Trinajstić information content (AvgIpc) is 2.52. The zero-order valence-corrected chi connectivity index (χ0v) is 9.28. The van der Waals surface area contributed by atoms with E-state index in [1.165, 1.54) is 0 Å². The highest BCUT2D eigenvalue weighted by Crippen LogP contribution is 2.13. The number of aromatic nitrogens is 1. The Morgan fingerprint density at radius 1 is 1.64 bits per heavy atom. The number of carbonyl (C=O) groups excluding carboxylic acids is 1. The van der Waals surface area contributed by atoms with Gasteiger partial charge in [-0.2, -0.15) is 0 Å². The molecule has 2 N–H and O–H groups in total. The first-order chi connectivity index (χ1) is 6.72. The van der Waals surface area contributed by atoms with Crippen LogP contribution in [-0.2, 0) is 4.79 Å². The Bertz CT molecular complexity index is 298. The van der Waals surface area contributed by atoms with E-state index in [2.05, 4.69) is 15.6 Å². The first kappa shape index (κ1) is 11.0. The number of anilines is 1. The summed E-state index contributed by atoms with van der Waals surface area (Å²) in [5.74, 6) is 0.0771. The quantitative estimate of drug-likeness (QED) is 0.777. The number of thiazole rings is 1. The van der Waals surface area contributed by atoms with E-state index < -0.39 is 0 Å². The van der Waals surface area contributed by atoms with E-state index in [1.807, 2.05) is 19.2 Å². The van der Waals surface area contributed by atoms with Gasteiger partial charge in [-0.1, -0.05) is 0 Å². The van der Waals surface area contributed by atoms with Crippen molar-refractivity contribution in [1.29, 1.82) is 0 Å². The van der Waals surface area contributed by atoms with Crippen molar-refractivity contribution in [2.75, 3.05) is 18.4 Å². The van der Waals surface area contributed by atoms with E-state index in [0.717, 1.165) is 10.8 Å². The lowest BCUT2D eigenvalue weighted by molar-refractivity contribution is -0.120. The Morgan fingerprint density at radius 3 is 3.00 bits per heavy atom. The molecule has 14 heavy (non-hydrogen) atoms. The minimum Gasteiger partial charge on any atom is -0.361 e. The lowest BCUT2D eigenvalue weighted by Crippen LogP contribution is -2.24. The predicted octanol–water partition coefficient (Wildman–Crippen LogP) is 1.39. The molecule has 0 radical (unpaired) electrons. The van der Waals surface area contributed by atoms with E-state index >= 15 is 0 Å². The van der Waals surface area contributed by atoms with Crippen LogP contribution in [0.3, 0.4) is 0 Å². The molecule has 0 aliphatic carbocycles. The zero-order chi connectivity index (χ0) is 10.4. The molecular formula is C9H15N3OS. The Kier molecular flexibility index (Phi) is 4.39. The molecule has 0 fully saturated rings. The molecule has 4 nitrogen and oxygen atoms in total. The number of hydrogen-bond donors (Lipinski definition) is 2. The number of hydrogen-bond acceptors (Lipinski definition) is 4. The van der Waals surface area contributed by atoms with Gasteiger partial charge in [0.1, 0.15) is 0 Å². The third-order valence-corrected chi connectivity index (χ3v) is 2.54. The molecule has 0 aliphatic rings. The van der Waals surface area contributed by atoms with Crippen LogP contribution in [0.25, 0.3) is 0 Å². The standard InChI is InChI=1S/C9H15N3OS/c1-3-10-8(13)4-5-11-9-12-7(2)6-14-9/h6H,3-5H2,1-2H3,(H,10,13)(H,11,12). The summed E-state index contributed by atoms with van der Waals surface area (Å²) in [6.07, 6.45) is 0.493. The zero-order valence-electron chi connectivity index (χ0n) is 8.46. The van der Waals surface area contributed by atoms with Gasteiger partial charge in [0.2, 0.25) is 5.91 Å². The monoisotopic (exact) mass is 213 g/mol. The first-order valence-electron chi connectivity index (χ1n) is 4.65. The fraction of sp³-hybridized carbons (Fsp3) is 0.556. The summed E-state index contributed by atoms with van der Waals surface area (Å²) in [6.45, 7) is 5.19. The summed E-state index contributed by atoms with van der Waals surface area (Å²) in [4.78, 5) is 15.3. The predicted molar refractivity (Wildman–Crippen MR) is 58.6 cm³/mol. The van der Waals surface area contributed by atoms with E-state index in [1.54, 1.807) is 11.3 Å². The van der Waals surface area contributed by atoms with Gasteiger partial charge in [0.15, 0.2) is 5.13 Å². The number of carbonyl (C=O) groups is 1. The Balaban J connectivity index is 2.18. The van der Waals surface area contributed by atoms with Gasteiger partial charge in [0, 0.05) is 24.9 Å². The van der Waals surface area contributed by atoms with E-state index in [9.17, 15) is 4.79 Å². The fourth-order valence-corrected chi connectivity index (χ4v) is 1.72. The Labute approximate surface area is 87.7 Å². The lowest BCUT2D eigenvalue weighted by atomic mass is 10.4. The molecule has 1 rings (SSSR count). The minimum absolute atomic E-state index is 0.0771. The summed E-state index contributed by atoms with van der Waals surface area (Å²) >= 11 is 1.56. The second-order valence-electron chi connectivity index (χ2n) is 2.92. The molecule has 0 aromatic carbocycles. The van der Waals surface area contributed by atoms with Crippen molar-refractivity contribution in [2.24, 2.45) is 0 Å². The molecule has 78 valence electrons. The second kappa shape index (κ2) is 5.59. The van der Waals surface area contributed by atoms with Gasteiger partial charge in [-0.3, -0.25) is 4.79 Å². The summed E-state index contributed by atoms with van der Waals surface area (Å²) < 4.78 is 0. The van der Waals surface area contributed by atoms with Crippen LogP contribution >= 0.6 is 11.3 Å². The minimum atomic E-state index is 0.0771. The number of amides is 1. The van der Waals surface area contributed by atoms with Gasteiger partial charge in [0.25, 0.3) is 0 Å². The lowest BCUT2D eigenvalue weighted by Gasteiger charge is -2.02. The van der Waals surface area contributed by atoms with E-state index in [-0.39, 0.29) is 5.91 Å². The van der Waals surface area contributed by atoms with Gasteiger partial charge in [0.05, 0.1) is 5.69 Å². The molecule has 1 amide bonds. The number of rotatable bonds is 5. The summed E-state index contributed by atoms with van der Waals surface area (Å²) in [7, 11) is 0. The third kappa shape index (κ3) is 3.74. The molecule has 0 saturated heterocycles. The molecule has 1 heterocycles. The molecule has 0 bridgehead atoms. The van der Waals surface area contributed by atoms with Gasteiger partial charge in [-0.15, -0.1) is 11.3 Å². The topological polar surface area (TPSA) is 54.0 Å². The van der Waals surface area contributed by atoms with Crippen molar-refractivity contribution in [3.63, 3.8) is 0 Å². The maximum Gasteiger partial charge on any atom is 0.221 e. The molecule has 0 aliphatic heterocycles. The molecule has 0 atom stereocenters. The largest absolute Gasteiger partial charge is 0.361 e. The number of aryl methyl sites for hydroxylation is 1. The summed E-state index contributed by atoms with van der Waals surface area (Å²) in [5, 5.41) is 8.70. The average molecular weight is 213 g/mol. The third-order valence-electron chi connectivity index (χ3n) is 1.62. The van der Waals surface area contributed by atoms with Crippen LogP contribution in [0.5, 0.6) is 0 Å². The highest BCUT2D eigenvalue weighted by Gasteiger charge is 2.00. The summed E-state index contributed by atoms with van der Waals surface area (Å²) in [5.41, 5.74) is 1.01. The van der Waals surface area contributed by atoms with Crippen molar-refractivity contribution < 1.29 is 4.79 Å². The molecule has 0 spiro atoms. The maximum absolute atomic E-state index is 11.1. The molecular weight excluding hydrogens is 198 g/mol. The van der Waals surface area contributed by atoms with Crippen molar-refractivity contribution in [3.05, 3.63) is 11.1 Å². The molecule has 1 aromatic rings. The van der Waals surface area contributed by atoms with Crippen LogP contribution in [0.1, 0.15) is 19.0 Å². The van der Waals surface area contributed by atoms with Crippen LogP contribution in [0.15, 0.2) is 5.38 Å². The second-order valence-corrected chi connectivity index (χ2v) is 3.78. The van der Waals surface area contributed by atoms with Crippen molar-refractivity contribution in [3.8, 4) is 0 Å².